The Kier molecular flexibility index (Phi) is 5.64. The highest BCUT2D eigenvalue weighted by Gasteiger charge is 1.96. The molecule has 0 spiro atoms. The van der Waals surface area contributed by atoms with E-state index >= 15 is 0 Å². The molecule has 0 aliphatic carbocycles. The first kappa shape index (κ1) is 14.0. The summed E-state index contributed by atoms with van der Waals surface area (Å²) >= 11 is 0. The number of guanidine groups is 1. The van der Waals surface area contributed by atoms with Gasteiger partial charge in [-0.1, -0.05) is 37.6 Å². The van der Waals surface area contributed by atoms with Gasteiger partial charge in [-0.25, -0.2) is 0 Å². The van der Waals surface area contributed by atoms with Crippen LogP contribution in [-0.4, -0.2) is 11.9 Å². The van der Waals surface area contributed by atoms with E-state index < -0.39 is 5.91 Å². The van der Waals surface area contributed by atoms with Crippen molar-refractivity contribution in [3.05, 3.63) is 41.5 Å². The van der Waals surface area contributed by atoms with Crippen molar-refractivity contribution in [3.8, 4) is 0 Å². The second-order valence-electron chi connectivity index (χ2n) is 4.08. The van der Waals surface area contributed by atoms with E-state index in [9.17, 15) is 4.79 Å². The Morgan fingerprint density at radius 1 is 1.39 bits per heavy atom. The minimum Gasteiger partial charge on any atom is -0.370 e. The molecule has 4 heteroatoms. The molecule has 0 heterocycles. The summed E-state index contributed by atoms with van der Waals surface area (Å²) in [6.07, 6.45) is 6.53. The Hall–Kier alpha value is -2.10. The summed E-state index contributed by atoms with van der Waals surface area (Å²) in [5, 5.41) is 9.10. The first-order valence-corrected chi connectivity index (χ1v) is 6.04. The summed E-state index contributed by atoms with van der Waals surface area (Å²) in [5.74, 6) is -0.739. The van der Waals surface area contributed by atoms with Gasteiger partial charge in [-0.2, -0.15) is 0 Å². The molecule has 0 saturated carbocycles. The van der Waals surface area contributed by atoms with Gasteiger partial charge in [0, 0.05) is 6.08 Å². The molecule has 18 heavy (non-hydrogen) atoms. The summed E-state index contributed by atoms with van der Waals surface area (Å²) in [6.45, 7) is 2.17. The van der Waals surface area contributed by atoms with Gasteiger partial charge in [-0.3, -0.25) is 15.5 Å². The van der Waals surface area contributed by atoms with Gasteiger partial charge in [0.15, 0.2) is 5.96 Å². The van der Waals surface area contributed by atoms with Crippen LogP contribution in [-0.2, 0) is 11.2 Å². The van der Waals surface area contributed by atoms with E-state index in [4.69, 9.17) is 11.1 Å². The predicted octanol–water partition coefficient (Wildman–Crippen LogP) is 2.05. The van der Waals surface area contributed by atoms with E-state index in [-0.39, 0.29) is 5.96 Å². The van der Waals surface area contributed by atoms with Crippen LogP contribution >= 0.6 is 0 Å². The van der Waals surface area contributed by atoms with Crippen molar-refractivity contribution in [1.82, 2.24) is 5.32 Å². The van der Waals surface area contributed by atoms with Gasteiger partial charge in [0.2, 0.25) is 0 Å². The van der Waals surface area contributed by atoms with Gasteiger partial charge in [-0.15, -0.1) is 0 Å². The Bertz CT molecular complexity index is 435. The number of nitrogens with one attached hydrogen (secondary N) is 2. The molecule has 0 aromatic heterocycles. The molecule has 0 unspecified atom stereocenters. The fourth-order valence-electron chi connectivity index (χ4n) is 1.52. The quantitative estimate of drug-likeness (QED) is 0.421. The predicted molar refractivity (Wildman–Crippen MR) is 74.1 cm³/mol. The molecule has 0 atom stereocenters. The minimum atomic E-state index is -0.391. The maximum Gasteiger partial charge on any atom is 0.250 e. The average molecular weight is 245 g/mol. The van der Waals surface area contributed by atoms with E-state index in [1.165, 1.54) is 24.5 Å². The van der Waals surface area contributed by atoms with Crippen molar-refractivity contribution in [2.75, 3.05) is 0 Å². The topological polar surface area (TPSA) is 79.0 Å². The number of aryl methyl sites for hydroxylation is 1. The second-order valence-corrected chi connectivity index (χ2v) is 4.08. The van der Waals surface area contributed by atoms with Crippen LogP contribution in [0.5, 0.6) is 0 Å². The van der Waals surface area contributed by atoms with Crippen LogP contribution in [0.25, 0.3) is 6.08 Å². The number of amides is 1. The second kappa shape index (κ2) is 7.27. The zero-order valence-corrected chi connectivity index (χ0v) is 10.6. The molecule has 0 bridgehead atoms. The maximum absolute atomic E-state index is 11.2. The van der Waals surface area contributed by atoms with E-state index in [1.54, 1.807) is 6.08 Å². The van der Waals surface area contributed by atoms with Crippen molar-refractivity contribution in [1.29, 1.82) is 5.41 Å². The van der Waals surface area contributed by atoms with Crippen molar-refractivity contribution in [2.45, 2.75) is 26.2 Å². The van der Waals surface area contributed by atoms with Gasteiger partial charge in [-0.05, 0) is 30.0 Å². The molecule has 96 valence electrons. The van der Waals surface area contributed by atoms with Gasteiger partial charge < -0.3 is 5.73 Å². The lowest BCUT2D eigenvalue weighted by atomic mass is 10.1. The molecule has 0 radical (unpaired) electrons. The first-order valence-electron chi connectivity index (χ1n) is 6.04. The fourth-order valence-corrected chi connectivity index (χ4v) is 1.52. The molecule has 1 amide bonds. The Morgan fingerprint density at radius 3 is 2.61 bits per heavy atom. The van der Waals surface area contributed by atoms with Crippen LogP contribution in [0.2, 0.25) is 0 Å². The average Bonchev–Trinajstić information content (AvgIpc) is 2.34. The standard InChI is InChI=1S/C14H19N3O/c1-2-3-4-11-5-7-12(8-6-11)9-10-13(18)17-14(15)16/h5-10H,2-4H2,1H3,(H4,15,16,17,18)/b10-9+. The maximum atomic E-state index is 11.2. The molecule has 0 fully saturated rings. The monoisotopic (exact) mass is 245 g/mol. The third kappa shape index (κ3) is 5.30. The largest absolute Gasteiger partial charge is 0.370 e. The Labute approximate surface area is 107 Å². The van der Waals surface area contributed by atoms with E-state index in [0.717, 1.165) is 12.0 Å². The lowest BCUT2D eigenvalue weighted by molar-refractivity contribution is -0.115. The van der Waals surface area contributed by atoms with E-state index in [2.05, 4.69) is 24.4 Å². The summed E-state index contributed by atoms with van der Waals surface area (Å²) in [6, 6.07) is 8.08. The lowest BCUT2D eigenvalue weighted by Gasteiger charge is -2.00. The van der Waals surface area contributed by atoms with Crippen LogP contribution < -0.4 is 11.1 Å². The van der Waals surface area contributed by atoms with Crippen LogP contribution in [0.1, 0.15) is 30.9 Å². The number of rotatable bonds is 5. The molecule has 1 aromatic carbocycles. The van der Waals surface area contributed by atoms with Crippen LogP contribution in [0.15, 0.2) is 30.3 Å². The number of carbonyl (C=O) groups excluding carboxylic acids is 1. The van der Waals surface area contributed by atoms with Crippen molar-refractivity contribution >= 4 is 17.9 Å². The lowest BCUT2D eigenvalue weighted by Crippen LogP contribution is -2.34. The van der Waals surface area contributed by atoms with Gasteiger partial charge in [0.1, 0.15) is 0 Å². The first-order chi connectivity index (χ1) is 8.61. The highest BCUT2D eigenvalue weighted by atomic mass is 16.1. The highest BCUT2D eigenvalue weighted by Crippen LogP contribution is 2.09. The number of hydrogen-bond donors (Lipinski definition) is 3. The molecule has 4 N–H and O–H groups in total. The number of benzene rings is 1. The third-order valence-electron chi connectivity index (χ3n) is 2.48. The molecular formula is C14H19N3O. The van der Waals surface area contributed by atoms with E-state index in [1.807, 2.05) is 12.1 Å². The third-order valence-corrected chi connectivity index (χ3v) is 2.48. The molecule has 1 aromatic rings. The zero-order chi connectivity index (χ0) is 13.4. The smallest absolute Gasteiger partial charge is 0.250 e. The summed E-state index contributed by atoms with van der Waals surface area (Å²) in [5.41, 5.74) is 7.31. The Morgan fingerprint density at radius 2 is 2.06 bits per heavy atom. The van der Waals surface area contributed by atoms with Crippen molar-refractivity contribution < 1.29 is 4.79 Å². The normalized spacial score (nSPS) is 10.5. The van der Waals surface area contributed by atoms with Crippen molar-refractivity contribution in [3.63, 3.8) is 0 Å². The molecule has 0 aliphatic rings. The van der Waals surface area contributed by atoms with Gasteiger partial charge in [0.05, 0.1) is 0 Å². The van der Waals surface area contributed by atoms with Gasteiger partial charge >= 0.3 is 0 Å². The molecule has 0 saturated heterocycles. The molecule has 1 rings (SSSR count). The highest BCUT2D eigenvalue weighted by molar-refractivity contribution is 6.02. The van der Waals surface area contributed by atoms with E-state index in [0.29, 0.717) is 0 Å². The number of unbranched alkanes of at least 4 members (excludes halogenated alkanes) is 1. The molecular weight excluding hydrogens is 226 g/mol. The SMILES string of the molecule is CCCCc1ccc(/C=C/C(=O)NC(=N)N)cc1. The number of hydrogen-bond acceptors (Lipinski definition) is 2. The van der Waals surface area contributed by atoms with Crippen molar-refractivity contribution in [2.24, 2.45) is 5.73 Å². The Balaban J connectivity index is 2.55. The van der Waals surface area contributed by atoms with Crippen LogP contribution in [0.4, 0.5) is 0 Å². The number of nitrogens with two attached hydrogens (primary N) is 1. The molecule has 0 aliphatic heterocycles. The summed E-state index contributed by atoms with van der Waals surface area (Å²) < 4.78 is 0. The molecule has 4 nitrogen and oxygen atoms in total. The minimum absolute atomic E-state index is 0.348. The number of carbonyl (C=O) groups is 1. The zero-order valence-electron chi connectivity index (χ0n) is 10.6. The fraction of sp³-hybridized carbons (Fsp3) is 0.286. The van der Waals surface area contributed by atoms with Crippen LogP contribution in [0, 0.1) is 5.41 Å². The summed E-state index contributed by atoms with van der Waals surface area (Å²) in [4.78, 5) is 11.2. The van der Waals surface area contributed by atoms with Gasteiger partial charge in [0.25, 0.3) is 5.91 Å². The van der Waals surface area contributed by atoms with Crippen LogP contribution in [0.3, 0.4) is 0 Å². The summed E-state index contributed by atoms with van der Waals surface area (Å²) in [7, 11) is 0.